The molecule has 2 N–H and O–H groups in total. The first-order valence-corrected chi connectivity index (χ1v) is 4.18. The van der Waals surface area contributed by atoms with Crippen molar-refractivity contribution >= 4 is 17.9 Å². The zero-order valence-electron chi connectivity index (χ0n) is 5.32. The molecule has 2 aliphatic heterocycles. The highest BCUT2D eigenvalue weighted by molar-refractivity contribution is 8.00. The molecule has 0 aromatic heterocycles. The quantitative estimate of drug-likeness (QED) is 0.577. The van der Waals surface area contributed by atoms with Gasteiger partial charge >= 0.3 is 6.09 Å². The van der Waals surface area contributed by atoms with Gasteiger partial charge in [0.15, 0.2) is 0 Å². The summed E-state index contributed by atoms with van der Waals surface area (Å²) in [6.07, 6.45) is -0.217. The summed E-state index contributed by atoms with van der Waals surface area (Å²) in [5.74, 6) is 0.910. The molecule has 0 aromatic rings. The van der Waals surface area contributed by atoms with E-state index in [4.69, 9.17) is 10.5 Å². The lowest BCUT2D eigenvalue weighted by Crippen LogP contribution is -2.55. The highest BCUT2D eigenvalue weighted by atomic mass is 32.2. The number of nitrogens with two attached hydrogens (primary N) is 1. The fourth-order valence-corrected chi connectivity index (χ4v) is 2.38. The number of rotatable bonds is 1. The lowest BCUT2D eigenvalue weighted by molar-refractivity contribution is -0.0502. The van der Waals surface area contributed by atoms with Crippen LogP contribution >= 0.6 is 11.8 Å². The number of nitrogens with zero attached hydrogens (tertiary/aromatic N) is 1. The van der Waals surface area contributed by atoms with Gasteiger partial charge in [0.05, 0.1) is 6.04 Å². The van der Waals surface area contributed by atoms with Gasteiger partial charge in [0.2, 0.25) is 5.56 Å². The molecule has 0 bridgehead atoms. The molecule has 1 unspecified atom stereocenters. The topological polar surface area (TPSA) is 55.6 Å². The standard InChI is InChI=1S/C5H8N2O2S/c6-1-3-2-10-5-7(3)4(8)9-5/h3,5H,1-2,6H2/t3?,5-/m1/s1. The first-order valence-electron chi connectivity index (χ1n) is 3.13. The summed E-state index contributed by atoms with van der Waals surface area (Å²) in [5, 5.41) is 0. The van der Waals surface area contributed by atoms with Crippen molar-refractivity contribution in [2.45, 2.75) is 11.6 Å². The minimum Gasteiger partial charge on any atom is -0.415 e. The monoisotopic (exact) mass is 160 g/mol. The van der Waals surface area contributed by atoms with Gasteiger partial charge in [0.1, 0.15) is 0 Å². The third-order valence-corrected chi connectivity index (χ3v) is 2.92. The minimum atomic E-state index is -0.217. The summed E-state index contributed by atoms with van der Waals surface area (Å²) in [5.41, 5.74) is 5.39. The van der Waals surface area contributed by atoms with E-state index in [1.54, 1.807) is 16.7 Å². The number of carbonyl (C=O) groups is 1. The molecular weight excluding hydrogens is 152 g/mol. The zero-order chi connectivity index (χ0) is 7.14. The first kappa shape index (κ1) is 6.30. The molecule has 2 rings (SSSR count). The van der Waals surface area contributed by atoms with E-state index in [9.17, 15) is 4.79 Å². The molecule has 0 aliphatic carbocycles. The molecule has 2 atom stereocenters. The van der Waals surface area contributed by atoms with Crippen LogP contribution in [0.15, 0.2) is 0 Å². The van der Waals surface area contributed by atoms with Crippen molar-refractivity contribution in [1.29, 1.82) is 0 Å². The predicted octanol–water partition coefficient (Wildman–Crippen LogP) is -0.204. The van der Waals surface area contributed by atoms with Crippen LogP contribution < -0.4 is 5.73 Å². The van der Waals surface area contributed by atoms with E-state index < -0.39 is 0 Å². The van der Waals surface area contributed by atoms with E-state index in [1.165, 1.54) is 0 Å². The van der Waals surface area contributed by atoms with Gasteiger partial charge in [0, 0.05) is 12.3 Å². The SMILES string of the molecule is NCC1CS[C@H]2OC(=O)N12. The molecule has 5 heteroatoms. The van der Waals surface area contributed by atoms with Crippen LogP contribution in [-0.2, 0) is 4.74 Å². The van der Waals surface area contributed by atoms with Crippen molar-refractivity contribution in [1.82, 2.24) is 4.90 Å². The number of ether oxygens (including phenoxy) is 1. The van der Waals surface area contributed by atoms with Gasteiger partial charge < -0.3 is 10.5 Å². The molecule has 56 valence electrons. The second-order valence-corrected chi connectivity index (χ2v) is 3.39. The lowest BCUT2D eigenvalue weighted by atomic mass is 10.3. The van der Waals surface area contributed by atoms with E-state index in [1.807, 2.05) is 0 Å². The Hall–Kier alpha value is -0.420. The summed E-state index contributed by atoms with van der Waals surface area (Å²) in [6.45, 7) is 0.540. The molecular formula is C5H8N2O2S. The Labute approximate surface area is 62.7 Å². The number of thioether (sulfide) groups is 1. The molecule has 0 saturated carbocycles. The number of carbonyl (C=O) groups excluding carboxylic acids is 1. The van der Waals surface area contributed by atoms with Crippen molar-refractivity contribution in [3.63, 3.8) is 0 Å². The fourth-order valence-electron chi connectivity index (χ4n) is 1.13. The van der Waals surface area contributed by atoms with Crippen molar-refractivity contribution in [3.05, 3.63) is 0 Å². The van der Waals surface area contributed by atoms with Gasteiger partial charge in [-0.3, -0.25) is 4.90 Å². The number of hydrogen-bond acceptors (Lipinski definition) is 4. The Morgan fingerprint density at radius 1 is 1.90 bits per heavy atom. The van der Waals surface area contributed by atoms with E-state index in [0.29, 0.717) is 6.54 Å². The molecule has 2 fully saturated rings. The van der Waals surface area contributed by atoms with Gasteiger partial charge in [0.25, 0.3) is 0 Å². The zero-order valence-corrected chi connectivity index (χ0v) is 6.13. The van der Waals surface area contributed by atoms with Crippen molar-refractivity contribution in [3.8, 4) is 0 Å². The van der Waals surface area contributed by atoms with Crippen molar-refractivity contribution in [2.75, 3.05) is 12.3 Å². The average Bonchev–Trinajstić information content (AvgIpc) is 2.25. The Balaban J connectivity index is 2.07. The van der Waals surface area contributed by atoms with Crippen LogP contribution in [0.25, 0.3) is 0 Å². The van der Waals surface area contributed by atoms with E-state index >= 15 is 0 Å². The highest BCUT2D eigenvalue weighted by Crippen LogP contribution is 2.36. The minimum absolute atomic E-state index is 0.0268. The number of amides is 1. The van der Waals surface area contributed by atoms with Gasteiger partial charge in [-0.2, -0.15) is 0 Å². The third-order valence-electron chi connectivity index (χ3n) is 1.74. The van der Waals surface area contributed by atoms with Crippen LogP contribution in [-0.4, -0.2) is 34.9 Å². The summed E-state index contributed by atoms with van der Waals surface area (Å²) < 4.78 is 4.79. The Bertz CT molecular complexity index is 175. The second kappa shape index (κ2) is 2.03. The predicted molar refractivity (Wildman–Crippen MR) is 37.4 cm³/mol. The normalized spacial score (nSPS) is 36.9. The van der Waals surface area contributed by atoms with Crippen LogP contribution in [0, 0.1) is 0 Å². The lowest BCUT2D eigenvalue weighted by Gasteiger charge is -2.35. The second-order valence-electron chi connectivity index (χ2n) is 2.32. The molecule has 0 aromatic carbocycles. The van der Waals surface area contributed by atoms with Crippen molar-refractivity contribution < 1.29 is 9.53 Å². The van der Waals surface area contributed by atoms with Crippen LogP contribution in [0.1, 0.15) is 0 Å². The third kappa shape index (κ3) is 0.644. The molecule has 0 radical (unpaired) electrons. The van der Waals surface area contributed by atoms with E-state index in [2.05, 4.69) is 0 Å². The first-order chi connectivity index (χ1) is 4.83. The average molecular weight is 160 g/mol. The van der Waals surface area contributed by atoms with Crippen molar-refractivity contribution in [2.24, 2.45) is 5.73 Å². The maximum Gasteiger partial charge on any atom is 0.416 e. The molecule has 0 spiro atoms. The summed E-state index contributed by atoms with van der Waals surface area (Å²) >= 11 is 1.63. The van der Waals surface area contributed by atoms with Crippen LogP contribution in [0.2, 0.25) is 0 Å². The maximum absolute atomic E-state index is 10.7. The summed E-state index contributed by atoms with van der Waals surface area (Å²) in [6, 6.07) is 0.205. The van der Waals surface area contributed by atoms with Gasteiger partial charge in [-0.25, -0.2) is 4.79 Å². The largest absolute Gasteiger partial charge is 0.416 e. The molecule has 2 aliphatic rings. The van der Waals surface area contributed by atoms with Gasteiger partial charge in [-0.15, -0.1) is 0 Å². The number of hydrogen-bond donors (Lipinski definition) is 1. The molecule has 10 heavy (non-hydrogen) atoms. The van der Waals surface area contributed by atoms with Crippen LogP contribution in [0.3, 0.4) is 0 Å². The molecule has 4 nitrogen and oxygen atoms in total. The molecule has 1 amide bonds. The highest BCUT2D eigenvalue weighted by Gasteiger charge is 2.48. The van der Waals surface area contributed by atoms with Gasteiger partial charge in [-0.05, 0) is 0 Å². The van der Waals surface area contributed by atoms with Gasteiger partial charge in [-0.1, -0.05) is 11.8 Å². The molecule has 2 heterocycles. The summed E-state index contributed by atoms with van der Waals surface area (Å²) in [4.78, 5) is 12.4. The fraction of sp³-hybridized carbons (Fsp3) is 0.800. The number of fused-ring (bicyclic) bond motifs is 1. The summed E-state index contributed by atoms with van der Waals surface area (Å²) in [7, 11) is 0. The van der Waals surface area contributed by atoms with Crippen LogP contribution in [0.5, 0.6) is 0 Å². The smallest absolute Gasteiger partial charge is 0.415 e. The van der Waals surface area contributed by atoms with E-state index in [-0.39, 0.29) is 17.7 Å². The maximum atomic E-state index is 10.7. The Morgan fingerprint density at radius 3 is 3.20 bits per heavy atom. The Kier molecular flexibility index (Phi) is 1.28. The van der Waals surface area contributed by atoms with E-state index in [0.717, 1.165) is 5.75 Å². The van der Waals surface area contributed by atoms with Crippen LogP contribution in [0.4, 0.5) is 4.79 Å². The molecule has 2 saturated heterocycles. The Morgan fingerprint density at radius 2 is 2.70 bits per heavy atom.